The molecule has 0 saturated carbocycles. The number of anilines is 1. The van der Waals surface area contributed by atoms with E-state index >= 15 is 0 Å². The molecule has 4 nitrogen and oxygen atoms in total. The number of sulfonamides is 1. The molecule has 0 atom stereocenters. The lowest BCUT2D eigenvalue weighted by molar-refractivity contribution is 0.598. The normalized spacial score (nSPS) is 11.9. The van der Waals surface area contributed by atoms with Crippen LogP contribution in [0.3, 0.4) is 0 Å². The number of hydrogen-bond acceptors (Lipinski definition) is 3. The fourth-order valence-electron chi connectivity index (χ4n) is 3.37. The minimum absolute atomic E-state index is 0.153. The molecule has 166 valence electrons. The van der Waals surface area contributed by atoms with Crippen molar-refractivity contribution in [3.8, 4) is 0 Å². The number of nitrogens with one attached hydrogen (secondary N) is 1. The molecule has 0 aliphatic carbocycles. The molecule has 29 heavy (non-hydrogen) atoms. The third-order valence-corrected chi connectivity index (χ3v) is 6.13. The van der Waals surface area contributed by atoms with Crippen molar-refractivity contribution in [3.05, 3.63) is 36.4 Å². The van der Waals surface area contributed by atoms with Gasteiger partial charge >= 0.3 is 0 Å². The molecule has 3 N–H and O–H groups in total. The first kappa shape index (κ1) is 25.7. The van der Waals surface area contributed by atoms with Gasteiger partial charge in [0.1, 0.15) is 0 Å². The van der Waals surface area contributed by atoms with Gasteiger partial charge in [-0.3, -0.25) is 0 Å². The molecule has 0 aliphatic heterocycles. The molecular formula is C24H42N2O2S. The minimum atomic E-state index is -3.60. The number of hydrogen-bond donors (Lipinski definition) is 2. The molecule has 0 bridgehead atoms. The zero-order valence-corrected chi connectivity index (χ0v) is 19.2. The SMILES string of the molecule is CCCCCCCC/C=C\CCCCCCCCNc1ccc(S(N)(=O)=O)cc1. The summed E-state index contributed by atoms with van der Waals surface area (Å²) in [6, 6.07) is 6.61. The minimum Gasteiger partial charge on any atom is -0.385 e. The van der Waals surface area contributed by atoms with Crippen molar-refractivity contribution in [2.75, 3.05) is 11.9 Å². The van der Waals surface area contributed by atoms with Gasteiger partial charge in [-0.15, -0.1) is 0 Å². The highest BCUT2D eigenvalue weighted by Gasteiger charge is 2.06. The summed E-state index contributed by atoms with van der Waals surface area (Å²) in [5.41, 5.74) is 0.935. The van der Waals surface area contributed by atoms with E-state index in [4.69, 9.17) is 5.14 Å². The van der Waals surface area contributed by atoms with Crippen molar-refractivity contribution in [2.45, 2.75) is 102 Å². The molecule has 1 aromatic rings. The number of rotatable bonds is 18. The Balaban J connectivity index is 1.88. The van der Waals surface area contributed by atoms with E-state index in [0.29, 0.717) is 0 Å². The van der Waals surface area contributed by atoms with Crippen LogP contribution >= 0.6 is 0 Å². The third kappa shape index (κ3) is 14.3. The topological polar surface area (TPSA) is 72.2 Å². The molecule has 0 aliphatic rings. The second kappa shape index (κ2) is 16.5. The molecule has 0 fully saturated rings. The number of unbranched alkanes of at least 4 members (excludes halogenated alkanes) is 12. The first-order chi connectivity index (χ1) is 14.0. The van der Waals surface area contributed by atoms with Gasteiger partial charge in [-0.1, -0.05) is 76.9 Å². The molecule has 1 aromatic carbocycles. The van der Waals surface area contributed by atoms with Gasteiger partial charge in [-0.2, -0.15) is 0 Å². The number of nitrogens with two attached hydrogens (primary N) is 1. The van der Waals surface area contributed by atoms with Crippen LogP contribution in [0, 0.1) is 0 Å². The van der Waals surface area contributed by atoms with Crippen LogP contribution in [0.2, 0.25) is 0 Å². The molecule has 0 heterocycles. The Morgan fingerprint density at radius 1 is 0.759 bits per heavy atom. The summed E-state index contributed by atoms with van der Waals surface area (Å²) in [5.74, 6) is 0. The van der Waals surface area contributed by atoms with Crippen LogP contribution in [0.5, 0.6) is 0 Å². The van der Waals surface area contributed by atoms with Crippen LogP contribution in [0.15, 0.2) is 41.3 Å². The van der Waals surface area contributed by atoms with E-state index in [1.165, 1.54) is 83.5 Å². The van der Waals surface area contributed by atoms with Crippen molar-refractivity contribution in [1.82, 2.24) is 0 Å². The molecule has 0 saturated heterocycles. The molecule has 0 aromatic heterocycles. The Labute approximate surface area is 179 Å². The highest BCUT2D eigenvalue weighted by molar-refractivity contribution is 7.89. The number of primary sulfonamides is 1. The Morgan fingerprint density at radius 3 is 1.76 bits per heavy atom. The summed E-state index contributed by atoms with van der Waals surface area (Å²) in [6.07, 6.45) is 23.1. The van der Waals surface area contributed by atoms with Crippen molar-refractivity contribution in [3.63, 3.8) is 0 Å². The molecule has 0 amide bonds. The lowest BCUT2D eigenvalue weighted by Gasteiger charge is -2.07. The van der Waals surface area contributed by atoms with Gasteiger partial charge < -0.3 is 5.32 Å². The second-order valence-corrected chi connectivity index (χ2v) is 9.50. The van der Waals surface area contributed by atoms with Gasteiger partial charge in [0.2, 0.25) is 10.0 Å². The molecule has 1 rings (SSSR count). The zero-order valence-electron chi connectivity index (χ0n) is 18.4. The van der Waals surface area contributed by atoms with Crippen LogP contribution in [-0.2, 0) is 10.0 Å². The van der Waals surface area contributed by atoms with Gasteiger partial charge in [0.25, 0.3) is 0 Å². The van der Waals surface area contributed by atoms with E-state index in [2.05, 4.69) is 24.4 Å². The lowest BCUT2D eigenvalue weighted by Crippen LogP contribution is -2.12. The van der Waals surface area contributed by atoms with Crippen LogP contribution in [0.4, 0.5) is 5.69 Å². The van der Waals surface area contributed by atoms with Gasteiger partial charge in [-0.05, 0) is 56.4 Å². The van der Waals surface area contributed by atoms with E-state index in [9.17, 15) is 8.42 Å². The monoisotopic (exact) mass is 422 g/mol. The second-order valence-electron chi connectivity index (χ2n) is 7.93. The zero-order chi connectivity index (χ0) is 21.2. The van der Waals surface area contributed by atoms with Crippen molar-refractivity contribution < 1.29 is 8.42 Å². The average molecular weight is 423 g/mol. The number of benzene rings is 1. The number of allylic oxidation sites excluding steroid dienone is 2. The summed E-state index contributed by atoms with van der Waals surface area (Å²) < 4.78 is 22.4. The quantitative estimate of drug-likeness (QED) is 0.202. The van der Waals surface area contributed by atoms with Crippen LogP contribution in [0.1, 0.15) is 96.8 Å². The summed E-state index contributed by atoms with van der Waals surface area (Å²) in [4.78, 5) is 0.153. The van der Waals surface area contributed by atoms with Crippen molar-refractivity contribution >= 4 is 15.7 Å². The average Bonchev–Trinajstić information content (AvgIpc) is 2.70. The van der Waals surface area contributed by atoms with Crippen molar-refractivity contribution in [1.29, 1.82) is 0 Å². The molecule has 5 heteroatoms. The lowest BCUT2D eigenvalue weighted by atomic mass is 10.1. The smallest absolute Gasteiger partial charge is 0.238 e. The Bertz CT molecular complexity index is 639. The highest BCUT2D eigenvalue weighted by atomic mass is 32.2. The summed E-state index contributed by atoms with van der Waals surface area (Å²) >= 11 is 0. The summed E-state index contributed by atoms with van der Waals surface area (Å²) in [7, 11) is -3.60. The standard InChI is InChI=1S/C24H42N2O2S/c1-2-3-4-5-6-7-8-9-10-11-12-13-14-15-16-17-22-26-23-18-20-24(21-19-23)29(25,27)28/h9-10,18-21,26H,2-8,11-17,22H2,1H3,(H2,25,27,28)/b10-9-. The maximum Gasteiger partial charge on any atom is 0.238 e. The highest BCUT2D eigenvalue weighted by Crippen LogP contribution is 2.14. The first-order valence-electron chi connectivity index (χ1n) is 11.6. The fourth-order valence-corrected chi connectivity index (χ4v) is 3.88. The summed E-state index contributed by atoms with van der Waals surface area (Å²) in [5, 5.41) is 8.43. The van der Waals surface area contributed by atoms with Gasteiger partial charge in [0, 0.05) is 12.2 Å². The van der Waals surface area contributed by atoms with Gasteiger partial charge in [0.05, 0.1) is 4.90 Å². The Morgan fingerprint density at radius 2 is 1.24 bits per heavy atom. The van der Waals surface area contributed by atoms with Crippen LogP contribution in [-0.4, -0.2) is 15.0 Å². The maximum absolute atomic E-state index is 11.2. The third-order valence-electron chi connectivity index (χ3n) is 5.20. The largest absolute Gasteiger partial charge is 0.385 e. The molecule has 0 spiro atoms. The fraction of sp³-hybridized carbons (Fsp3) is 0.667. The van der Waals surface area contributed by atoms with E-state index in [-0.39, 0.29) is 4.90 Å². The Hall–Kier alpha value is -1.33. The van der Waals surface area contributed by atoms with Crippen LogP contribution in [0.25, 0.3) is 0 Å². The van der Waals surface area contributed by atoms with E-state index in [1.807, 2.05) is 0 Å². The maximum atomic E-state index is 11.2. The van der Waals surface area contributed by atoms with Gasteiger partial charge in [-0.25, -0.2) is 13.6 Å². The molecular weight excluding hydrogens is 380 g/mol. The molecule has 0 radical (unpaired) electrons. The molecule has 0 unspecified atom stereocenters. The van der Waals surface area contributed by atoms with E-state index in [0.717, 1.165) is 18.7 Å². The predicted octanol–water partition coefficient (Wildman–Crippen LogP) is 6.78. The van der Waals surface area contributed by atoms with Crippen molar-refractivity contribution in [2.24, 2.45) is 5.14 Å². The predicted molar refractivity (Wildman–Crippen MR) is 126 cm³/mol. The van der Waals surface area contributed by atoms with E-state index < -0.39 is 10.0 Å². The van der Waals surface area contributed by atoms with E-state index in [1.54, 1.807) is 24.3 Å². The Kier molecular flexibility index (Phi) is 14.6. The summed E-state index contributed by atoms with van der Waals surface area (Å²) in [6.45, 7) is 3.18. The first-order valence-corrected chi connectivity index (χ1v) is 13.1. The van der Waals surface area contributed by atoms with Gasteiger partial charge in [0.15, 0.2) is 0 Å². The van der Waals surface area contributed by atoms with Crippen LogP contribution < -0.4 is 10.5 Å².